The van der Waals surface area contributed by atoms with E-state index in [1.165, 1.54) is 12.8 Å². The lowest BCUT2D eigenvalue weighted by Gasteiger charge is -2.12. The first-order valence-electron chi connectivity index (χ1n) is 5.05. The molecule has 0 radical (unpaired) electrons. The lowest BCUT2D eigenvalue weighted by molar-refractivity contribution is 0.690. The van der Waals surface area contributed by atoms with E-state index in [0.717, 1.165) is 11.7 Å². The van der Waals surface area contributed by atoms with Crippen molar-refractivity contribution in [1.29, 1.82) is 0 Å². The molecule has 1 aliphatic carbocycles. The smallest absolute Gasteiger partial charge is 0.144 e. The molecule has 3 N–H and O–H groups in total. The molecule has 4 nitrogen and oxygen atoms in total. The fourth-order valence-electron chi connectivity index (χ4n) is 1.48. The number of aromatic nitrogens is 2. The minimum Gasteiger partial charge on any atom is -0.388 e. The van der Waals surface area contributed by atoms with E-state index in [0.29, 0.717) is 11.7 Å². The van der Waals surface area contributed by atoms with Crippen LogP contribution in [0.15, 0.2) is 12.4 Å². The lowest BCUT2D eigenvalue weighted by Crippen LogP contribution is -2.19. The molecule has 15 heavy (non-hydrogen) atoms. The summed E-state index contributed by atoms with van der Waals surface area (Å²) >= 11 is 4.80. The van der Waals surface area contributed by atoms with Gasteiger partial charge in [0.15, 0.2) is 0 Å². The maximum Gasteiger partial charge on any atom is 0.144 e. The monoisotopic (exact) mass is 222 g/mol. The van der Waals surface area contributed by atoms with E-state index in [4.69, 9.17) is 18.0 Å². The third-order valence-corrected chi connectivity index (χ3v) is 2.82. The highest BCUT2D eigenvalue weighted by molar-refractivity contribution is 7.80. The van der Waals surface area contributed by atoms with Gasteiger partial charge in [-0.05, 0) is 25.7 Å². The number of anilines is 1. The van der Waals surface area contributed by atoms with E-state index in [2.05, 4.69) is 22.2 Å². The van der Waals surface area contributed by atoms with Crippen molar-refractivity contribution in [1.82, 2.24) is 9.97 Å². The predicted molar refractivity (Wildman–Crippen MR) is 63.7 cm³/mol. The highest BCUT2D eigenvalue weighted by Crippen LogP contribution is 2.33. The van der Waals surface area contributed by atoms with Crippen molar-refractivity contribution in [2.75, 3.05) is 5.32 Å². The summed E-state index contributed by atoms with van der Waals surface area (Å²) < 4.78 is 0. The van der Waals surface area contributed by atoms with Crippen LogP contribution in [0.2, 0.25) is 0 Å². The van der Waals surface area contributed by atoms with Crippen LogP contribution < -0.4 is 11.1 Å². The Morgan fingerprint density at radius 2 is 2.27 bits per heavy atom. The van der Waals surface area contributed by atoms with E-state index in [9.17, 15) is 0 Å². The van der Waals surface area contributed by atoms with E-state index in [1.54, 1.807) is 12.4 Å². The van der Waals surface area contributed by atoms with Crippen LogP contribution in [0.4, 0.5) is 5.82 Å². The highest BCUT2D eigenvalue weighted by atomic mass is 32.1. The quantitative estimate of drug-likeness (QED) is 0.752. The second-order valence-corrected chi connectivity index (χ2v) is 4.36. The molecular formula is C10H14N4S. The molecule has 0 aliphatic heterocycles. The summed E-state index contributed by atoms with van der Waals surface area (Å²) in [4.78, 5) is 8.61. The number of nitrogens with one attached hydrogen (secondary N) is 1. The summed E-state index contributed by atoms with van der Waals surface area (Å²) in [6, 6.07) is 0.468. The summed E-state index contributed by atoms with van der Waals surface area (Å²) in [5, 5.41) is 3.31. The van der Waals surface area contributed by atoms with Crippen LogP contribution in [0.3, 0.4) is 0 Å². The Balaban J connectivity index is 1.99. The molecule has 0 saturated heterocycles. The fraction of sp³-hybridized carbons (Fsp3) is 0.500. The molecule has 1 saturated carbocycles. The van der Waals surface area contributed by atoms with Gasteiger partial charge in [-0.15, -0.1) is 0 Å². The highest BCUT2D eigenvalue weighted by Gasteiger charge is 2.27. The Morgan fingerprint density at radius 1 is 1.53 bits per heavy atom. The number of nitrogens with zero attached hydrogens (tertiary/aromatic N) is 2. The van der Waals surface area contributed by atoms with Gasteiger partial charge in [0.1, 0.15) is 16.5 Å². The molecule has 0 aromatic carbocycles. The third-order valence-electron chi connectivity index (χ3n) is 2.61. The van der Waals surface area contributed by atoms with Crippen molar-refractivity contribution in [2.24, 2.45) is 11.7 Å². The van der Waals surface area contributed by atoms with Gasteiger partial charge in [-0.2, -0.15) is 0 Å². The molecule has 1 aromatic rings. The second kappa shape index (κ2) is 4.10. The average Bonchev–Trinajstić information content (AvgIpc) is 3.01. The Bertz CT molecular complexity index is 358. The van der Waals surface area contributed by atoms with E-state index < -0.39 is 0 Å². The lowest BCUT2D eigenvalue weighted by atomic mass is 10.2. The van der Waals surface area contributed by atoms with Crippen molar-refractivity contribution in [3.8, 4) is 0 Å². The predicted octanol–water partition coefficient (Wildman–Crippen LogP) is 1.32. The van der Waals surface area contributed by atoms with Gasteiger partial charge in [-0.1, -0.05) is 12.2 Å². The normalized spacial score (nSPS) is 17.1. The number of hydrogen-bond donors (Lipinski definition) is 2. The fourth-order valence-corrected chi connectivity index (χ4v) is 1.58. The van der Waals surface area contributed by atoms with Gasteiger partial charge in [0.25, 0.3) is 0 Å². The molecular weight excluding hydrogens is 208 g/mol. The molecule has 1 heterocycles. The van der Waals surface area contributed by atoms with Gasteiger partial charge in [-0.3, -0.25) is 0 Å². The average molecular weight is 222 g/mol. The Hall–Kier alpha value is -1.23. The van der Waals surface area contributed by atoms with Crippen LogP contribution >= 0.6 is 12.2 Å². The summed E-state index contributed by atoms with van der Waals surface area (Å²) in [7, 11) is 0. The summed E-state index contributed by atoms with van der Waals surface area (Å²) in [5.74, 6) is 1.58. The second-order valence-electron chi connectivity index (χ2n) is 3.92. The molecule has 0 spiro atoms. The molecule has 2 rings (SSSR count). The molecule has 0 amide bonds. The standard InChI is InChI=1S/C10H14N4S/c1-6(7-2-3-7)14-9-5-12-8(4-13-9)10(11)15/h4-7H,2-3H2,1H3,(H2,11,15)(H,13,14). The summed E-state index contributed by atoms with van der Waals surface area (Å²) in [5.41, 5.74) is 6.00. The molecule has 1 aromatic heterocycles. The SMILES string of the molecule is CC(Nc1cnc(C(N)=S)cn1)C1CC1. The Morgan fingerprint density at radius 3 is 2.73 bits per heavy atom. The topological polar surface area (TPSA) is 63.8 Å². The van der Waals surface area contributed by atoms with Crippen LogP contribution in [-0.4, -0.2) is 21.0 Å². The van der Waals surface area contributed by atoms with Gasteiger partial charge in [0.05, 0.1) is 12.4 Å². The largest absolute Gasteiger partial charge is 0.388 e. The first-order chi connectivity index (χ1) is 7.16. The number of nitrogens with two attached hydrogens (primary N) is 1. The van der Waals surface area contributed by atoms with Crippen molar-refractivity contribution >= 4 is 23.0 Å². The molecule has 1 unspecified atom stereocenters. The van der Waals surface area contributed by atoms with Crippen LogP contribution in [0.1, 0.15) is 25.5 Å². The number of hydrogen-bond acceptors (Lipinski definition) is 4. The zero-order chi connectivity index (χ0) is 10.8. The van der Waals surface area contributed by atoms with Gasteiger partial charge in [0, 0.05) is 6.04 Å². The first-order valence-corrected chi connectivity index (χ1v) is 5.46. The Labute approximate surface area is 94.3 Å². The zero-order valence-electron chi connectivity index (χ0n) is 8.60. The third kappa shape index (κ3) is 2.62. The zero-order valence-corrected chi connectivity index (χ0v) is 9.42. The van der Waals surface area contributed by atoms with Crippen LogP contribution in [0.5, 0.6) is 0 Å². The number of thiocarbonyl (C=S) groups is 1. The van der Waals surface area contributed by atoms with Crippen LogP contribution in [0.25, 0.3) is 0 Å². The molecule has 0 bridgehead atoms. The molecule has 80 valence electrons. The van der Waals surface area contributed by atoms with Gasteiger partial charge >= 0.3 is 0 Å². The Kier molecular flexibility index (Phi) is 2.81. The molecule has 1 fully saturated rings. The van der Waals surface area contributed by atoms with E-state index >= 15 is 0 Å². The van der Waals surface area contributed by atoms with Crippen molar-refractivity contribution < 1.29 is 0 Å². The molecule has 5 heteroatoms. The van der Waals surface area contributed by atoms with Gasteiger partial charge in [0.2, 0.25) is 0 Å². The van der Waals surface area contributed by atoms with Crippen LogP contribution in [0, 0.1) is 5.92 Å². The minimum atomic E-state index is 0.282. The maximum absolute atomic E-state index is 5.43. The van der Waals surface area contributed by atoms with E-state index in [1.807, 2.05) is 0 Å². The summed E-state index contributed by atoms with van der Waals surface area (Å²) in [6.45, 7) is 2.17. The summed E-state index contributed by atoms with van der Waals surface area (Å²) in [6.07, 6.45) is 5.90. The van der Waals surface area contributed by atoms with Crippen molar-refractivity contribution in [3.05, 3.63) is 18.1 Å². The molecule has 1 atom stereocenters. The first kappa shape index (κ1) is 10.3. The maximum atomic E-state index is 5.43. The van der Waals surface area contributed by atoms with Crippen molar-refractivity contribution in [2.45, 2.75) is 25.8 Å². The minimum absolute atomic E-state index is 0.282. The number of rotatable bonds is 4. The van der Waals surface area contributed by atoms with Crippen molar-refractivity contribution in [3.63, 3.8) is 0 Å². The van der Waals surface area contributed by atoms with Crippen LogP contribution in [-0.2, 0) is 0 Å². The van der Waals surface area contributed by atoms with Gasteiger partial charge in [-0.25, -0.2) is 9.97 Å². The van der Waals surface area contributed by atoms with Gasteiger partial charge < -0.3 is 11.1 Å². The molecule has 1 aliphatic rings. The van der Waals surface area contributed by atoms with E-state index in [-0.39, 0.29) is 4.99 Å².